The number of nitrogens with one attached hydrogen (secondary N) is 1. The van der Waals surface area contributed by atoms with Gasteiger partial charge in [0.15, 0.2) is 0 Å². The number of piperazine rings is 1. The minimum Gasteiger partial charge on any atom is -0.489 e. The third kappa shape index (κ3) is 4.11. The number of hydrogen-bond donors (Lipinski definition) is 1. The molecule has 2 aromatic carbocycles. The van der Waals surface area contributed by atoms with E-state index in [4.69, 9.17) is 4.74 Å². The van der Waals surface area contributed by atoms with E-state index in [1.807, 2.05) is 59.5 Å². The van der Waals surface area contributed by atoms with E-state index in [9.17, 15) is 4.79 Å². The molecule has 0 bridgehead atoms. The number of amides is 1. The third-order valence-corrected chi connectivity index (χ3v) is 3.99. The molecule has 23 heavy (non-hydrogen) atoms. The van der Waals surface area contributed by atoms with Gasteiger partial charge in [-0.15, -0.1) is 0 Å². The molecule has 1 fully saturated rings. The van der Waals surface area contributed by atoms with Gasteiger partial charge in [0.2, 0.25) is 0 Å². The van der Waals surface area contributed by atoms with Gasteiger partial charge in [0.1, 0.15) is 12.4 Å². The smallest absolute Gasteiger partial charge is 0.254 e. The Hall–Kier alpha value is -2.33. The average Bonchev–Trinajstić information content (AvgIpc) is 2.60. The number of ether oxygens (including phenoxy) is 1. The lowest BCUT2D eigenvalue weighted by atomic mass is 10.1. The van der Waals surface area contributed by atoms with E-state index in [1.165, 1.54) is 0 Å². The Labute approximate surface area is 137 Å². The van der Waals surface area contributed by atoms with Crippen molar-refractivity contribution in [3.8, 4) is 5.75 Å². The van der Waals surface area contributed by atoms with Gasteiger partial charge < -0.3 is 15.0 Å². The van der Waals surface area contributed by atoms with Gasteiger partial charge in [-0.2, -0.15) is 0 Å². The summed E-state index contributed by atoms with van der Waals surface area (Å²) in [5.74, 6) is 0.798. The Morgan fingerprint density at radius 3 is 2.83 bits per heavy atom. The summed E-state index contributed by atoms with van der Waals surface area (Å²) in [6, 6.07) is 17.8. The molecule has 0 aliphatic carbocycles. The molecule has 4 nitrogen and oxygen atoms in total. The lowest BCUT2D eigenvalue weighted by molar-refractivity contribution is 0.0708. The van der Waals surface area contributed by atoms with Crippen LogP contribution in [-0.4, -0.2) is 36.5 Å². The number of benzene rings is 2. The van der Waals surface area contributed by atoms with Crippen molar-refractivity contribution in [3.63, 3.8) is 0 Å². The van der Waals surface area contributed by atoms with E-state index in [0.29, 0.717) is 18.2 Å². The van der Waals surface area contributed by atoms with E-state index < -0.39 is 0 Å². The Kier molecular flexibility index (Phi) is 4.93. The Bertz CT molecular complexity index is 657. The quantitative estimate of drug-likeness (QED) is 0.944. The summed E-state index contributed by atoms with van der Waals surface area (Å²) in [6.07, 6.45) is 0. The van der Waals surface area contributed by atoms with E-state index in [-0.39, 0.29) is 5.91 Å². The van der Waals surface area contributed by atoms with Crippen LogP contribution in [-0.2, 0) is 6.61 Å². The van der Waals surface area contributed by atoms with E-state index >= 15 is 0 Å². The van der Waals surface area contributed by atoms with Gasteiger partial charge in [-0.05, 0) is 30.7 Å². The maximum absolute atomic E-state index is 12.6. The van der Waals surface area contributed by atoms with Gasteiger partial charge >= 0.3 is 0 Å². The molecule has 3 rings (SSSR count). The molecular weight excluding hydrogens is 288 g/mol. The lowest BCUT2D eigenvalue weighted by Crippen LogP contribution is -2.51. The Balaban J connectivity index is 1.66. The molecule has 4 heteroatoms. The van der Waals surface area contributed by atoms with Crippen molar-refractivity contribution in [3.05, 3.63) is 65.7 Å². The number of rotatable bonds is 4. The minimum atomic E-state index is 0.0727. The highest BCUT2D eigenvalue weighted by molar-refractivity contribution is 5.94. The summed E-state index contributed by atoms with van der Waals surface area (Å²) in [5, 5.41) is 3.35. The summed E-state index contributed by atoms with van der Waals surface area (Å²) in [4.78, 5) is 14.5. The SMILES string of the molecule is C[C@H]1CN(C(=O)c2cccc(OCc3ccccc3)c2)CCN1. The van der Waals surface area contributed by atoms with Gasteiger partial charge in [-0.3, -0.25) is 4.79 Å². The van der Waals surface area contributed by atoms with Gasteiger partial charge in [-0.25, -0.2) is 0 Å². The topological polar surface area (TPSA) is 41.6 Å². The first-order chi connectivity index (χ1) is 11.2. The molecule has 1 atom stereocenters. The van der Waals surface area contributed by atoms with Crippen LogP contribution in [0.1, 0.15) is 22.8 Å². The zero-order chi connectivity index (χ0) is 16.1. The van der Waals surface area contributed by atoms with E-state index in [0.717, 1.165) is 30.9 Å². The third-order valence-electron chi connectivity index (χ3n) is 3.99. The number of nitrogens with zero attached hydrogens (tertiary/aromatic N) is 1. The molecule has 0 aromatic heterocycles. The van der Waals surface area contributed by atoms with Crippen molar-refractivity contribution < 1.29 is 9.53 Å². The second-order valence-electron chi connectivity index (χ2n) is 5.91. The lowest BCUT2D eigenvalue weighted by Gasteiger charge is -2.32. The molecular formula is C19H22N2O2. The van der Waals surface area contributed by atoms with Crippen LogP contribution >= 0.6 is 0 Å². The van der Waals surface area contributed by atoms with Crippen LogP contribution in [0.5, 0.6) is 5.75 Å². The van der Waals surface area contributed by atoms with Gasteiger partial charge in [-0.1, -0.05) is 36.4 Å². The predicted molar refractivity (Wildman–Crippen MR) is 90.6 cm³/mol. The zero-order valence-corrected chi connectivity index (χ0v) is 13.4. The van der Waals surface area contributed by atoms with Crippen molar-refractivity contribution in [2.45, 2.75) is 19.6 Å². The summed E-state index contributed by atoms with van der Waals surface area (Å²) in [6.45, 7) is 4.94. The van der Waals surface area contributed by atoms with Crippen LogP contribution in [0.3, 0.4) is 0 Å². The largest absolute Gasteiger partial charge is 0.489 e. The molecule has 0 radical (unpaired) electrons. The standard InChI is InChI=1S/C19H22N2O2/c1-15-13-21(11-10-20-15)19(22)17-8-5-9-18(12-17)23-14-16-6-3-2-4-7-16/h2-9,12,15,20H,10-11,13-14H2,1H3/t15-/m0/s1. The first-order valence-electron chi connectivity index (χ1n) is 8.02. The van der Waals surface area contributed by atoms with Crippen LogP contribution in [0.2, 0.25) is 0 Å². The second kappa shape index (κ2) is 7.29. The molecule has 0 saturated carbocycles. The first-order valence-corrected chi connectivity index (χ1v) is 8.02. The molecule has 0 spiro atoms. The summed E-state index contributed by atoms with van der Waals surface area (Å²) in [5.41, 5.74) is 1.80. The van der Waals surface area contributed by atoms with E-state index in [1.54, 1.807) is 0 Å². The van der Waals surface area contributed by atoms with Crippen LogP contribution in [0.25, 0.3) is 0 Å². The molecule has 0 unspecified atom stereocenters. The molecule has 1 amide bonds. The molecule has 1 aliphatic heterocycles. The fourth-order valence-corrected chi connectivity index (χ4v) is 2.76. The summed E-state index contributed by atoms with van der Waals surface area (Å²) < 4.78 is 5.81. The molecule has 1 aliphatic rings. The normalized spacial score (nSPS) is 17.8. The monoisotopic (exact) mass is 310 g/mol. The highest BCUT2D eigenvalue weighted by atomic mass is 16.5. The van der Waals surface area contributed by atoms with Crippen molar-refractivity contribution in [2.75, 3.05) is 19.6 Å². The van der Waals surface area contributed by atoms with Gasteiger partial charge in [0.05, 0.1) is 0 Å². The molecule has 1 heterocycles. The minimum absolute atomic E-state index is 0.0727. The number of carbonyl (C=O) groups is 1. The Morgan fingerprint density at radius 1 is 1.22 bits per heavy atom. The number of carbonyl (C=O) groups excluding carboxylic acids is 1. The fraction of sp³-hybridized carbons (Fsp3) is 0.316. The van der Waals surface area contributed by atoms with Gasteiger partial charge in [0.25, 0.3) is 5.91 Å². The zero-order valence-electron chi connectivity index (χ0n) is 13.4. The van der Waals surface area contributed by atoms with Crippen LogP contribution in [0.4, 0.5) is 0 Å². The van der Waals surface area contributed by atoms with Crippen LogP contribution in [0, 0.1) is 0 Å². The van der Waals surface area contributed by atoms with Crippen molar-refractivity contribution in [1.29, 1.82) is 0 Å². The van der Waals surface area contributed by atoms with Crippen LogP contribution < -0.4 is 10.1 Å². The maximum Gasteiger partial charge on any atom is 0.254 e. The summed E-state index contributed by atoms with van der Waals surface area (Å²) in [7, 11) is 0. The summed E-state index contributed by atoms with van der Waals surface area (Å²) >= 11 is 0. The maximum atomic E-state index is 12.6. The van der Waals surface area contributed by atoms with Crippen molar-refractivity contribution in [2.24, 2.45) is 0 Å². The Morgan fingerprint density at radius 2 is 2.04 bits per heavy atom. The molecule has 2 aromatic rings. The van der Waals surface area contributed by atoms with Crippen molar-refractivity contribution >= 4 is 5.91 Å². The molecule has 1 N–H and O–H groups in total. The second-order valence-corrected chi connectivity index (χ2v) is 5.91. The number of hydrogen-bond acceptors (Lipinski definition) is 3. The molecule has 1 saturated heterocycles. The highest BCUT2D eigenvalue weighted by Crippen LogP contribution is 2.17. The van der Waals surface area contributed by atoms with E-state index in [2.05, 4.69) is 12.2 Å². The highest BCUT2D eigenvalue weighted by Gasteiger charge is 2.21. The average molecular weight is 310 g/mol. The predicted octanol–water partition coefficient (Wildman–Crippen LogP) is 2.70. The first kappa shape index (κ1) is 15.6. The van der Waals surface area contributed by atoms with Crippen molar-refractivity contribution in [1.82, 2.24) is 10.2 Å². The molecule has 120 valence electrons. The van der Waals surface area contributed by atoms with Crippen LogP contribution in [0.15, 0.2) is 54.6 Å². The van der Waals surface area contributed by atoms with Gasteiger partial charge in [0, 0.05) is 31.2 Å². The fourth-order valence-electron chi connectivity index (χ4n) is 2.76.